The number of amides is 2. The average Bonchev–Trinajstić information content (AvgIpc) is 2.71. The van der Waals surface area contributed by atoms with Crippen LogP contribution in [-0.2, 0) is 21.5 Å². The molecule has 0 saturated heterocycles. The number of benzene rings is 2. The number of hydrogen-bond acceptors (Lipinski definition) is 3. The summed E-state index contributed by atoms with van der Waals surface area (Å²) in [5.41, 5.74) is 3.36. The number of ether oxygens (including phenoxy) is 1. The molecule has 174 valence electrons. The molecule has 0 aliphatic heterocycles. The molecule has 1 atom stereocenters. The van der Waals surface area contributed by atoms with Crippen LogP contribution in [0.15, 0.2) is 48.5 Å². The van der Waals surface area contributed by atoms with Crippen LogP contribution in [0, 0.1) is 6.92 Å². The fourth-order valence-corrected chi connectivity index (χ4v) is 3.59. The average molecular weight is 439 g/mol. The predicted octanol–water partition coefficient (Wildman–Crippen LogP) is 5.00. The monoisotopic (exact) mass is 438 g/mol. The fraction of sp³-hybridized carbons (Fsp3) is 0.481. The molecular weight excluding hydrogens is 400 g/mol. The molecule has 2 rings (SSSR count). The smallest absolute Gasteiger partial charge is 0.261 e. The SMILES string of the molecule is CC[C@@H](C(=O)NC(C)C)N(Cc1cccc(C)c1)C(=O)COc1ccc(C(C)(C)C)cc1. The quantitative estimate of drug-likeness (QED) is 0.599. The van der Waals surface area contributed by atoms with Crippen LogP contribution >= 0.6 is 0 Å². The Labute approximate surface area is 193 Å². The van der Waals surface area contributed by atoms with Gasteiger partial charge in [0.05, 0.1) is 0 Å². The van der Waals surface area contributed by atoms with Crippen molar-refractivity contribution in [1.29, 1.82) is 0 Å². The van der Waals surface area contributed by atoms with Gasteiger partial charge >= 0.3 is 0 Å². The molecule has 0 bridgehead atoms. The van der Waals surface area contributed by atoms with E-state index in [9.17, 15) is 9.59 Å². The van der Waals surface area contributed by atoms with Crippen LogP contribution in [0.25, 0.3) is 0 Å². The number of hydrogen-bond donors (Lipinski definition) is 1. The van der Waals surface area contributed by atoms with Crippen LogP contribution in [0.2, 0.25) is 0 Å². The van der Waals surface area contributed by atoms with Crippen molar-refractivity contribution in [1.82, 2.24) is 10.2 Å². The van der Waals surface area contributed by atoms with Crippen LogP contribution in [0.3, 0.4) is 0 Å². The van der Waals surface area contributed by atoms with Gasteiger partial charge in [-0.15, -0.1) is 0 Å². The van der Waals surface area contributed by atoms with Crippen LogP contribution in [0.1, 0.15) is 64.7 Å². The van der Waals surface area contributed by atoms with Crippen molar-refractivity contribution in [2.45, 2.75) is 78.9 Å². The topological polar surface area (TPSA) is 58.6 Å². The van der Waals surface area contributed by atoms with E-state index in [1.807, 2.05) is 76.2 Å². The number of carbonyl (C=O) groups is 2. The maximum atomic E-state index is 13.2. The first kappa shape index (κ1) is 25.4. The van der Waals surface area contributed by atoms with Gasteiger partial charge in [0.25, 0.3) is 5.91 Å². The Hall–Kier alpha value is -2.82. The van der Waals surface area contributed by atoms with E-state index in [4.69, 9.17) is 4.74 Å². The number of nitrogens with zero attached hydrogens (tertiary/aromatic N) is 1. The first-order chi connectivity index (χ1) is 15.0. The highest BCUT2D eigenvalue weighted by molar-refractivity contribution is 5.88. The lowest BCUT2D eigenvalue weighted by atomic mass is 9.87. The van der Waals surface area contributed by atoms with Gasteiger partial charge in [0, 0.05) is 12.6 Å². The molecule has 1 N–H and O–H groups in total. The molecule has 5 heteroatoms. The number of aryl methyl sites for hydroxylation is 1. The summed E-state index contributed by atoms with van der Waals surface area (Å²) in [5.74, 6) is 0.289. The summed E-state index contributed by atoms with van der Waals surface area (Å²) < 4.78 is 5.81. The summed E-state index contributed by atoms with van der Waals surface area (Å²) >= 11 is 0. The van der Waals surface area contributed by atoms with Gasteiger partial charge in [-0.05, 0) is 55.9 Å². The van der Waals surface area contributed by atoms with Crippen molar-refractivity contribution in [3.8, 4) is 5.75 Å². The van der Waals surface area contributed by atoms with Crippen molar-refractivity contribution in [2.75, 3.05) is 6.61 Å². The molecule has 2 aromatic rings. The predicted molar refractivity (Wildman–Crippen MR) is 130 cm³/mol. The largest absolute Gasteiger partial charge is 0.484 e. The molecule has 0 aliphatic carbocycles. The van der Waals surface area contributed by atoms with Crippen LogP contribution < -0.4 is 10.1 Å². The summed E-state index contributed by atoms with van der Waals surface area (Å²) in [7, 11) is 0. The third kappa shape index (κ3) is 7.40. The molecular formula is C27H38N2O3. The van der Waals surface area contributed by atoms with E-state index in [0.29, 0.717) is 18.7 Å². The van der Waals surface area contributed by atoms with Gasteiger partial charge in [0.1, 0.15) is 11.8 Å². The van der Waals surface area contributed by atoms with Crippen molar-refractivity contribution in [2.24, 2.45) is 0 Å². The van der Waals surface area contributed by atoms with Crippen LogP contribution in [-0.4, -0.2) is 35.4 Å². The molecule has 2 amide bonds. The van der Waals surface area contributed by atoms with Gasteiger partial charge < -0.3 is 15.0 Å². The first-order valence-electron chi connectivity index (χ1n) is 11.4. The zero-order chi connectivity index (χ0) is 23.9. The number of nitrogens with one attached hydrogen (secondary N) is 1. The van der Waals surface area contributed by atoms with Gasteiger partial charge in [-0.25, -0.2) is 0 Å². The van der Waals surface area contributed by atoms with Crippen molar-refractivity contribution in [3.05, 3.63) is 65.2 Å². The fourth-order valence-electron chi connectivity index (χ4n) is 3.59. The zero-order valence-corrected chi connectivity index (χ0v) is 20.6. The molecule has 0 aromatic heterocycles. The van der Waals surface area contributed by atoms with Crippen LogP contribution in [0.5, 0.6) is 5.75 Å². The van der Waals surface area contributed by atoms with E-state index < -0.39 is 6.04 Å². The molecule has 0 spiro atoms. The molecule has 32 heavy (non-hydrogen) atoms. The Bertz CT molecular complexity index is 898. The Kier molecular flexibility index (Phi) is 8.88. The summed E-state index contributed by atoms with van der Waals surface area (Å²) in [6.07, 6.45) is 0.524. The summed E-state index contributed by atoms with van der Waals surface area (Å²) in [4.78, 5) is 27.7. The Balaban J connectivity index is 2.19. The second-order valence-electron chi connectivity index (χ2n) is 9.66. The Morgan fingerprint density at radius 3 is 2.25 bits per heavy atom. The second-order valence-corrected chi connectivity index (χ2v) is 9.66. The molecule has 5 nitrogen and oxygen atoms in total. The zero-order valence-electron chi connectivity index (χ0n) is 20.6. The van der Waals surface area contributed by atoms with Gasteiger partial charge in [0.2, 0.25) is 5.91 Å². The highest BCUT2D eigenvalue weighted by Gasteiger charge is 2.29. The van der Waals surface area contributed by atoms with E-state index in [1.54, 1.807) is 4.90 Å². The van der Waals surface area contributed by atoms with E-state index >= 15 is 0 Å². The second kappa shape index (κ2) is 11.2. The normalized spacial score (nSPS) is 12.4. The van der Waals surface area contributed by atoms with Crippen molar-refractivity contribution < 1.29 is 14.3 Å². The lowest BCUT2D eigenvalue weighted by molar-refractivity contribution is -0.143. The minimum Gasteiger partial charge on any atom is -0.484 e. The van der Waals surface area contributed by atoms with E-state index in [2.05, 4.69) is 26.1 Å². The first-order valence-corrected chi connectivity index (χ1v) is 11.4. The van der Waals surface area contributed by atoms with Crippen molar-refractivity contribution in [3.63, 3.8) is 0 Å². The molecule has 0 saturated carbocycles. The summed E-state index contributed by atoms with van der Waals surface area (Å²) in [5, 5.41) is 2.95. The van der Waals surface area contributed by atoms with Gasteiger partial charge in [-0.1, -0.05) is 69.7 Å². The Morgan fingerprint density at radius 1 is 1.06 bits per heavy atom. The third-order valence-corrected chi connectivity index (χ3v) is 5.33. The minimum absolute atomic E-state index is 0.00468. The maximum Gasteiger partial charge on any atom is 0.261 e. The highest BCUT2D eigenvalue weighted by Crippen LogP contribution is 2.24. The maximum absolute atomic E-state index is 13.2. The van der Waals surface area contributed by atoms with Crippen LogP contribution in [0.4, 0.5) is 0 Å². The molecule has 2 aromatic carbocycles. The van der Waals surface area contributed by atoms with E-state index in [-0.39, 0.29) is 29.9 Å². The number of carbonyl (C=O) groups excluding carboxylic acids is 2. The molecule has 0 aliphatic rings. The highest BCUT2D eigenvalue weighted by atomic mass is 16.5. The molecule has 0 unspecified atom stereocenters. The number of rotatable bonds is 9. The standard InChI is InChI=1S/C27H38N2O3/c1-8-24(26(31)28-19(2)3)29(17-21-11-9-10-20(4)16-21)25(30)18-32-23-14-12-22(13-15-23)27(5,6)7/h9-16,19,24H,8,17-18H2,1-7H3,(H,28,31)/t24-/m0/s1. The van der Waals surface area contributed by atoms with E-state index in [0.717, 1.165) is 11.1 Å². The van der Waals surface area contributed by atoms with E-state index in [1.165, 1.54) is 5.56 Å². The lowest BCUT2D eigenvalue weighted by Crippen LogP contribution is -2.51. The minimum atomic E-state index is -0.558. The Morgan fingerprint density at radius 2 is 1.72 bits per heavy atom. The molecule has 0 heterocycles. The lowest BCUT2D eigenvalue weighted by Gasteiger charge is -2.31. The molecule has 0 fully saturated rings. The van der Waals surface area contributed by atoms with Gasteiger partial charge in [-0.3, -0.25) is 9.59 Å². The third-order valence-electron chi connectivity index (χ3n) is 5.33. The molecule has 0 radical (unpaired) electrons. The van der Waals surface area contributed by atoms with Crippen molar-refractivity contribution >= 4 is 11.8 Å². The van der Waals surface area contributed by atoms with Gasteiger partial charge in [-0.2, -0.15) is 0 Å². The summed E-state index contributed by atoms with van der Waals surface area (Å²) in [6.45, 7) is 14.5. The summed E-state index contributed by atoms with van der Waals surface area (Å²) in [6, 6.07) is 15.3. The van der Waals surface area contributed by atoms with Gasteiger partial charge in [0.15, 0.2) is 6.61 Å².